The molecule has 0 radical (unpaired) electrons. The third-order valence-electron chi connectivity index (χ3n) is 7.48. The zero-order chi connectivity index (χ0) is 28.9. The molecular weight excluding hydrogens is 514 g/mol. The predicted octanol–water partition coefficient (Wildman–Crippen LogP) is 6.65. The number of para-hydroxylation sites is 2. The van der Waals surface area contributed by atoms with Gasteiger partial charge in [-0.1, -0.05) is 37.6 Å². The Balaban J connectivity index is 1.47. The van der Waals surface area contributed by atoms with Crippen LogP contribution < -0.4 is 14.4 Å². The van der Waals surface area contributed by atoms with Gasteiger partial charge in [0.25, 0.3) is 5.91 Å². The fourth-order valence-corrected chi connectivity index (χ4v) is 5.27. The van der Waals surface area contributed by atoms with Crippen LogP contribution in [0, 0.1) is 0 Å². The van der Waals surface area contributed by atoms with Crippen molar-refractivity contribution < 1.29 is 19.1 Å². The van der Waals surface area contributed by atoms with E-state index in [-0.39, 0.29) is 30.4 Å². The second-order valence-corrected chi connectivity index (χ2v) is 10.5. The molecule has 1 aliphatic heterocycles. The van der Waals surface area contributed by atoms with E-state index >= 15 is 0 Å². The summed E-state index contributed by atoms with van der Waals surface area (Å²) in [5, 5.41) is 0. The molecule has 2 heterocycles. The van der Waals surface area contributed by atoms with Crippen molar-refractivity contribution in [2.45, 2.75) is 45.7 Å². The number of hydrogen-bond donors (Lipinski definition) is 0. The highest BCUT2D eigenvalue weighted by molar-refractivity contribution is 6.02. The molecule has 0 N–H and O–H groups in total. The van der Waals surface area contributed by atoms with Crippen molar-refractivity contribution in [3.05, 3.63) is 108 Å². The monoisotopic (exact) mass is 551 g/mol. The zero-order valence-electron chi connectivity index (χ0n) is 24.1. The number of amides is 2. The molecule has 5 rings (SSSR count). The third kappa shape index (κ3) is 5.71. The summed E-state index contributed by atoms with van der Waals surface area (Å²) >= 11 is 0. The Kier molecular flexibility index (Phi) is 8.43. The van der Waals surface area contributed by atoms with Crippen LogP contribution in [0.25, 0.3) is 5.69 Å². The lowest BCUT2D eigenvalue weighted by Crippen LogP contribution is -2.48. The smallest absolute Gasteiger partial charge is 0.254 e. The van der Waals surface area contributed by atoms with Gasteiger partial charge >= 0.3 is 0 Å². The van der Waals surface area contributed by atoms with Gasteiger partial charge in [0.1, 0.15) is 24.1 Å². The van der Waals surface area contributed by atoms with Crippen LogP contribution in [0.4, 0.5) is 5.69 Å². The minimum absolute atomic E-state index is 0.0626. The standard InChI is InChI=1S/C34H37N3O4/c1-5-6-22-41-28-19-15-26(16-20-28)34(39)36(24(2)3)23-32(38)37-30-11-8-7-10-29(30)35-21-9-12-31(35)33(37)25-13-17-27(40-4)18-14-25/h7-21,24,33H,5-6,22-23H2,1-4H3. The van der Waals surface area contributed by atoms with Crippen LogP contribution >= 0.6 is 0 Å². The predicted molar refractivity (Wildman–Crippen MR) is 161 cm³/mol. The normalized spacial score (nSPS) is 13.9. The number of benzene rings is 3. The molecule has 1 aliphatic rings. The first-order valence-electron chi connectivity index (χ1n) is 14.2. The quantitative estimate of drug-likeness (QED) is 0.207. The number of ether oxygens (including phenoxy) is 2. The molecule has 0 fully saturated rings. The molecule has 7 heteroatoms. The summed E-state index contributed by atoms with van der Waals surface area (Å²) in [6, 6.07) is 26.3. The number of carbonyl (C=O) groups is 2. The van der Waals surface area contributed by atoms with E-state index in [2.05, 4.69) is 11.5 Å². The first-order valence-corrected chi connectivity index (χ1v) is 14.2. The molecule has 2 amide bonds. The van der Waals surface area contributed by atoms with Gasteiger partial charge in [0.05, 0.1) is 30.8 Å². The molecule has 1 unspecified atom stereocenters. The maximum atomic E-state index is 14.3. The van der Waals surface area contributed by atoms with Crippen LogP contribution in [0.2, 0.25) is 0 Å². The van der Waals surface area contributed by atoms with E-state index in [0.29, 0.717) is 12.2 Å². The number of hydrogen-bond acceptors (Lipinski definition) is 4. The summed E-state index contributed by atoms with van der Waals surface area (Å²) in [6.45, 7) is 6.57. The lowest BCUT2D eigenvalue weighted by Gasteiger charge is -2.40. The molecule has 0 aliphatic carbocycles. The SMILES string of the molecule is CCCCOc1ccc(C(=O)N(CC(=O)N2c3ccccc3-n3cccc3C2c2ccc(OC)cc2)C(C)C)cc1. The molecule has 0 spiro atoms. The molecule has 212 valence electrons. The van der Waals surface area contributed by atoms with Crippen molar-refractivity contribution in [3.8, 4) is 17.2 Å². The molecular formula is C34H37N3O4. The molecule has 41 heavy (non-hydrogen) atoms. The number of fused-ring (bicyclic) bond motifs is 3. The van der Waals surface area contributed by atoms with Gasteiger partial charge in [0.15, 0.2) is 0 Å². The Bertz CT molecular complexity index is 1490. The van der Waals surface area contributed by atoms with Gasteiger partial charge < -0.3 is 18.9 Å². The molecule has 7 nitrogen and oxygen atoms in total. The summed E-state index contributed by atoms with van der Waals surface area (Å²) in [7, 11) is 1.64. The van der Waals surface area contributed by atoms with Crippen LogP contribution in [0.1, 0.15) is 61.3 Å². The largest absolute Gasteiger partial charge is 0.497 e. The van der Waals surface area contributed by atoms with E-state index < -0.39 is 0 Å². The maximum absolute atomic E-state index is 14.3. The molecule has 0 saturated carbocycles. The Hall–Kier alpha value is -4.52. The summed E-state index contributed by atoms with van der Waals surface area (Å²) in [4.78, 5) is 31.5. The highest BCUT2D eigenvalue weighted by Gasteiger charge is 2.37. The average molecular weight is 552 g/mol. The Morgan fingerprint density at radius 2 is 1.56 bits per heavy atom. The highest BCUT2D eigenvalue weighted by atomic mass is 16.5. The van der Waals surface area contributed by atoms with Gasteiger partial charge in [-0.25, -0.2) is 0 Å². The minimum Gasteiger partial charge on any atom is -0.497 e. The molecule has 4 aromatic rings. The summed E-state index contributed by atoms with van der Waals surface area (Å²) in [6.07, 6.45) is 4.05. The maximum Gasteiger partial charge on any atom is 0.254 e. The van der Waals surface area contributed by atoms with Crippen molar-refractivity contribution in [2.75, 3.05) is 25.2 Å². The number of methoxy groups -OCH3 is 1. The lowest BCUT2D eigenvalue weighted by atomic mass is 9.97. The van der Waals surface area contributed by atoms with Crippen LogP contribution in [0.15, 0.2) is 91.1 Å². The molecule has 0 bridgehead atoms. The van der Waals surface area contributed by atoms with Crippen molar-refractivity contribution in [3.63, 3.8) is 0 Å². The molecule has 3 aromatic carbocycles. The number of unbranched alkanes of at least 4 members (excludes halogenated alkanes) is 1. The van der Waals surface area contributed by atoms with E-state index in [1.807, 2.05) is 97.7 Å². The van der Waals surface area contributed by atoms with Gasteiger partial charge in [-0.15, -0.1) is 0 Å². The third-order valence-corrected chi connectivity index (χ3v) is 7.48. The van der Waals surface area contributed by atoms with Crippen LogP contribution in [-0.4, -0.2) is 47.6 Å². The van der Waals surface area contributed by atoms with Crippen LogP contribution in [0.3, 0.4) is 0 Å². The van der Waals surface area contributed by atoms with E-state index in [4.69, 9.17) is 9.47 Å². The highest BCUT2D eigenvalue weighted by Crippen LogP contribution is 2.42. The number of nitrogens with zero attached hydrogens (tertiary/aromatic N) is 3. The Morgan fingerprint density at radius 1 is 0.878 bits per heavy atom. The summed E-state index contributed by atoms with van der Waals surface area (Å²) in [5.74, 6) is 1.13. The second-order valence-electron chi connectivity index (χ2n) is 10.5. The minimum atomic E-state index is -0.373. The van der Waals surface area contributed by atoms with Gasteiger partial charge in [-0.3, -0.25) is 14.5 Å². The van der Waals surface area contributed by atoms with Gasteiger partial charge in [0, 0.05) is 17.8 Å². The fraction of sp³-hybridized carbons (Fsp3) is 0.294. The lowest BCUT2D eigenvalue weighted by molar-refractivity contribution is -0.120. The van der Waals surface area contributed by atoms with E-state index in [1.165, 1.54) is 0 Å². The van der Waals surface area contributed by atoms with Crippen molar-refractivity contribution in [1.29, 1.82) is 0 Å². The molecule has 1 atom stereocenters. The first kappa shape index (κ1) is 28.0. The Morgan fingerprint density at radius 3 is 2.22 bits per heavy atom. The van der Waals surface area contributed by atoms with Crippen molar-refractivity contribution in [1.82, 2.24) is 9.47 Å². The van der Waals surface area contributed by atoms with Crippen molar-refractivity contribution >= 4 is 17.5 Å². The summed E-state index contributed by atoms with van der Waals surface area (Å²) < 4.78 is 13.3. The van der Waals surface area contributed by atoms with E-state index in [0.717, 1.165) is 47.0 Å². The zero-order valence-corrected chi connectivity index (χ0v) is 24.1. The van der Waals surface area contributed by atoms with Gasteiger partial charge in [-0.2, -0.15) is 0 Å². The van der Waals surface area contributed by atoms with Gasteiger partial charge in [-0.05, 0) is 86.5 Å². The molecule has 0 saturated heterocycles. The number of aromatic nitrogens is 1. The van der Waals surface area contributed by atoms with Crippen LogP contribution in [0.5, 0.6) is 11.5 Å². The Labute approximate surface area is 241 Å². The van der Waals surface area contributed by atoms with E-state index in [1.54, 1.807) is 24.1 Å². The number of carbonyl (C=O) groups excluding carboxylic acids is 2. The fourth-order valence-electron chi connectivity index (χ4n) is 5.27. The topological polar surface area (TPSA) is 64.0 Å². The first-order chi connectivity index (χ1) is 19.9. The average Bonchev–Trinajstić information content (AvgIpc) is 3.49. The number of anilines is 1. The van der Waals surface area contributed by atoms with Crippen molar-refractivity contribution in [2.24, 2.45) is 0 Å². The second kappa shape index (κ2) is 12.3. The van der Waals surface area contributed by atoms with Crippen LogP contribution in [-0.2, 0) is 4.79 Å². The summed E-state index contributed by atoms with van der Waals surface area (Å²) in [5.41, 5.74) is 4.17. The van der Waals surface area contributed by atoms with E-state index in [9.17, 15) is 9.59 Å². The number of rotatable bonds is 10. The van der Waals surface area contributed by atoms with Gasteiger partial charge in [0.2, 0.25) is 5.91 Å². The molecule has 1 aromatic heterocycles.